The number of carbonyl (C=O) groups excluding carboxylic acids is 1. The Balaban J connectivity index is 1.38. The maximum absolute atomic E-state index is 12.4. The first-order valence-corrected chi connectivity index (χ1v) is 9.65. The van der Waals surface area contributed by atoms with Crippen LogP contribution in [0.3, 0.4) is 0 Å². The molecule has 0 spiro atoms. The largest absolute Gasteiger partial charge is 0.368 e. The molecule has 2 fully saturated rings. The molecule has 2 aliphatic rings. The van der Waals surface area contributed by atoms with Crippen molar-refractivity contribution in [1.82, 2.24) is 15.5 Å². The molecule has 0 radical (unpaired) electrons. The van der Waals surface area contributed by atoms with Gasteiger partial charge >= 0.3 is 0 Å². The van der Waals surface area contributed by atoms with Gasteiger partial charge < -0.3 is 14.6 Å². The van der Waals surface area contributed by atoms with E-state index in [9.17, 15) is 4.79 Å². The molecular weight excluding hydrogens is 318 g/mol. The second kappa shape index (κ2) is 7.85. The van der Waals surface area contributed by atoms with Crippen LogP contribution < -0.4 is 5.32 Å². The van der Waals surface area contributed by atoms with E-state index in [1.807, 2.05) is 0 Å². The summed E-state index contributed by atoms with van der Waals surface area (Å²) in [6.45, 7) is 8.22. The van der Waals surface area contributed by atoms with Crippen LogP contribution in [0.15, 0.2) is 4.52 Å². The molecule has 140 valence electrons. The summed E-state index contributed by atoms with van der Waals surface area (Å²) in [4.78, 5) is 16.7. The zero-order valence-corrected chi connectivity index (χ0v) is 15.7. The Bertz CT molecular complexity index is 565. The molecule has 1 aromatic heterocycles. The highest BCUT2D eigenvalue weighted by molar-refractivity contribution is 5.78. The van der Waals surface area contributed by atoms with E-state index in [1.165, 1.54) is 0 Å². The zero-order valence-electron chi connectivity index (χ0n) is 15.7. The molecule has 1 saturated carbocycles. The molecule has 0 aromatic carbocycles. The molecule has 2 heterocycles. The van der Waals surface area contributed by atoms with Crippen LogP contribution in [0.1, 0.15) is 77.1 Å². The number of ether oxygens (including phenoxy) is 1. The topological polar surface area (TPSA) is 77.2 Å². The Morgan fingerprint density at radius 1 is 1.20 bits per heavy atom. The Kier molecular flexibility index (Phi) is 5.77. The van der Waals surface area contributed by atoms with Crippen molar-refractivity contribution in [2.75, 3.05) is 13.2 Å². The van der Waals surface area contributed by atoms with Crippen LogP contribution in [0.4, 0.5) is 0 Å². The van der Waals surface area contributed by atoms with E-state index < -0.39 is 0 Å². The fourth-order valence-electron chi connectivity index (χ4n) is 3.94. The maximum Gasteiger partial charge on any atom is 0.255 e. The van der Waals surface area contributed by atoms with Crippen molar-refractivity contribution in [3.8, 4) is 0 Å². The van der Waals surface area contributed by atoms with Crippen LogP contribution in [0, 0.1) is 17.3 Å². The first-order chi connectivity index (χ1) is 11.9. The minimum atomic E-state index is -0.0474. The van der Waals surface area contributed by atoms with Gasteiger partial charge in [-0.3, -0.25) is 4.79 Å². The van der Waals surface area contributed by atoms with Crippen molar-refractivity contribution in [2.45, 2.75) is 71.8 Å². The van der Waals surface area contributed by atoms with Gasteiger partial charge in [-0.25, -0.2) is 0 Å². The highest BCUT2D eigenvalue weighted by Gasteiger charge is 2.32. The van der Waals surface area contributed by atoms with Crippen molar-refractivity contribution >= 4 is 5.91 Å². The second-order valence-electron chi connectivity index (χ2n) is 8.51. The molecule has 1 saturated heterocycles. The molecule has 1 atom stereocenters. The standard InChI is InChI=1S/C19H31N3O3/c1-19(2,3)14-8-6-13(7-9-14)17(23)20-11-10-16-21-18(25-22-16)15-5-4-12-24-15/h13-15H,4-12H2,1-3H3,(H,20,23)/t13?,14?,15-/m1/s1. The second-order valence-corrected chi connectivity index (χ2v) is 8.51. The van der Waals surface area contributed by atoms with Crippen molar-refractivity contribution in [2.24, 2.45) is 17.3 Å². The molecule has 0 unspecified atom stereocenters. The molecule has 3 rings (SSSR count). The summed E-state index contributed by atoms with van der Waals surface area (Å²) in [6.07, 6.45) is 6.83. The van der Waals surface area contributed by atoms with Crippen molar-refractivity contribution in [3.63, 3.8) is 0 Å². The van der Waals surface area contributed by atoms with E-state index in [1.54, 1.807) is 0 Å². The lowest BCUT2D eigenvalue weighted by atomic mass is 9.69. The summed E-state index contributed by atoms with van der Waals surface area (Å²) in [5.74, 6) is 2.27. The average molecular weight is 349 g/mol. The minimum absolute atomic E-state index is 0.0474. The predicted molar refractivity (Wildman–Crippen MR) is 93.8 cm³/mol. The molecule has 1 amide bonds. The van der Waals surface area contributed by atoms with Gasteiger partial charge in [-0.1, -0.05) is 25.9 Å². The highest BCUT2D eigenvalue weighted by atomic mass is 16.5. The molecule has 6 heteroatoms. The third-order valence-electron chi connectivity index (χ3n) is 5.66. The molecule has 6 nitrogen and oxygen atoms in total. The number of carbonyl (C=O) groups is 1. The van der Waals surface area contributed by atoms with Crippen molar-refractivity contribution in [3.05, 3.63) is 11.7 Å². The van der Waals surface area contributed by atoms with Crippen molar-refractivity contribution in [1.29, 1.82) is 0 Å². The number of aromatic nitrogens is 2. The SMILES string of the molecule is CC(C)(C)C1CCC(C(=O)NCCc2noc([C@H]3CCCO3)n2)CC1. The summed E-state index contributed by atoms with van der Waals surface area (Å²) in [7, 11) is 0. The third-order valence-corrected chi connectivity index (χ3v) is 5.66. The Labute approximate surface area is 150 Å². The van der Waals surface area contributed by atoms with E-state index in [2.05, 4.69) is 36.2 Å². The van der Waals surface area contributed by atoms with Gasteiger partial charge in [-0.2, -0.15) is 4.98 Å². The summed E-state index contributed by atoms with van der Waals surface area (Å²) in [6, 6.07) is 0. The van der Waals surface area contributed by atoms with Gasteiger partial charge in [-0.15, -0.1) is 0 Å². The van der Waals surface area contributed by atoms with Crippen LogP contribution in [0.25, 0.3) is 0 Å². The summed E-state index contributed by atoms with van der Waals surface area (Å²) >= 11 is 0. The normalized spacial score (nSPS) is 27.4. The molecule has 1 N–H and O–H groups in total. The van der Waals surface area contributed by atoms with Gasteiger partial charge in [-0.05, 0) is 49.9 Å². The van der Waals surface area contributed by atoms with Gasteiger partial charge in [0.2, 0.25) is 5.91 Å². The lowest BCUT2D eigenvalue weighted by Crippen LogP contribution is -2.36. The Morgan fingerprint density at radius 3 is 2.60 bits per heavy atom. The first-order valence-electron chi connectivity index (χ1n) is 9.65. The summed E-state index contributed by atoms with van der Waals surface area (Å²) in [5, 5.41) is 7.03. The molecule has 1 aliphatic heterocycles. The lowest BCUT2D eigenvalue weighted by Gasteiger charge is -2.36. The lowest BCUT2D eigenvalue weighted by molar-refractivity contribution is -0.126. The molecule has 1 aromatic rings. The maximum atomic E-state index is 12.4. The van der Waals surface area contributed by atoms with Gasteiger partial charge in [0, 0.05) is 25.5 Å². The van der Waals surface area contributed by atoms with Gasteiger partial charge in [0.05, 0.1) is 0 Å². The van der Waals surface area contributed by atoms with E-state index in [0.717, 1.165) is 51.0 Å². The number of rotatable bonds is 5. The summed E-state index contributed by atoms with van der Waals surface area (Å²) < 4.78 is 10.8. The van der Waals surface area contributed by atoms with Gasteiger partial charge in [0.25, 0.3) is 5.89 Å². The smallest absolute Gasteiger partial charge is 0.255 e. The number of hydrogen-bond acceptors (Lipinski definition) is 5. The molecule has 0 bridgehead atoms. The van der Waals surface area contributed by atoms with Crippen LogP contribution in [0.5, 0.6) is 0 Å². The van der Waals surface area contributed by atoms with Crippen LogP contribution in [-0.2, 0) is 16.0 Å². The van der Waals surface area contributed by atoms with Gasteiger partial charge in [0.1, 0.15) is 6.10 Å². The zero-order chi connectivity index (χ0) is 17.9. The quantitative estimate of drug-likeness (QED) is 0.881. The molecule has 25 heavy (non-hydrogen) atoms. The highest BCUT2D eigenvalue weighted by Crippen LogP contribution is 2.39. The van der Waals surface area contributed by atoms with Crippen LogP contribution >= 0.6 is 0 Å². The van der Waals surface area contributed by atoms with Gasteiger partial charge in [0.15, 0.2) is 5.82 Å². The van der Waals surface area contributed by atoms with E-state index in [-0.39, 0.29) is 17.9 Å². The molecular formula is C19H31N3O3. The van der Waals surface area contributed by atoms with E-state index in [0.29, 0.717) is 30.1 Å². The van der Waals surface area contributed by atoms with E-state index >= 15 is 0 Å². The number of hydrogen-bond donors (Lipinski definition) is 1. The first kappa shape index (κ1) is 18.4. The number of nitrogens with one attached hydrogen (secondary N) is 1. The van der Waals surface area contributed by atoms with Crippen molar-refractivity contribution < 1.29 is 14.1 Å². The fraction of sp³-hybridized carbons (Fsp3) is 0.842. The van der Waals surface area contributed by atoms with Crippen LogP contribution in [-0.4, -0.2) is 29.2 Å². The molecule has 1 aliphatic carbocycles. The minimum Gasteiger partial charge on any atom is -0.368 e. The number of nitrogens with zero attached hydrogens (tertiary/aromatic N) is 2. The third kappa shape index (κ3) is 4.81. The average Bonchev–Trinajstić information content (AvgIpc) is 3.25. The Hall–Kier alpha value is -1.43. The monoisotopic (exact) mass is 349 g/mol. The number of amides is 1. The Morgan fingerprint density at radius 2 is 1.96 bits per heavy atom. The predicted octanol–water partition coefficient (Wildman–Crippen LogP) is 3.43. The fourth-order valence-corrected chi connectivity index (χ4v) is 3.94. The summed E-state index contributed by atoms with van der Waals surface area (Å²) in [5.41, 5.74) is 0.348. The van der Waals surface area contributed by atoms with E-state index in [4.69, 9.17) is 9.26 Å². The van der Waals surface area contributed by atoms with Crippen LogP contribution in [0.2, 0.25) is 0 Å².